The summed E-state index contributed by atoms with van der Waals surface area (Å²) in [5.74, 6) is 0.147. The van der Waals surface area contributed by atoms with Crippen molar-refractivity contribution in [1.82, 2.24) is 14.8 Å². The summed E-state index contributed by atoms with van der Waals surface area (Å²) >= 11 is 0. The fraction of sp³-hybridized carbons (Fsp3) is 0.500. The zero-order chi connectivity index (χ0) is 22.2. The predicted octanol–water partition coefficient (Wildman–Crippen LogP) is 4.47. The number of fused-ring (bicyclic) bond motifs is 1. The Balaban J connectivity index is 0.00000241. The molecule has 180 valence electrons. The molecule has 6 rings (SSSR count). The van der Waals surface area contributed by atoms with Gasteiger partial charge in [-0.3, -0.25) is 14.7 Å². The van der Waals surface area contributed by atoms with E-state index in [0.29, 0.717) is 12.1 Å². The average Bonchev–Trinajstić information content (AvgIpc) is 3.57. The number of pyridine rings is 1. The molecule has 0 radical (unpaired) electrons. The van der Waals surface area contributed by atoms with E-state index in [4.69, 9.17) is 9.72 Å². The molecule has 0 bridgehead atoms. The van der Waals surface area contributed by atoms with Crippen LogP contribution in [0.15, 0.2) is 36.5 Å². The summed E-state index contributed by atoms with van der Waals surface area (Å²) in [4.78, 5) is 22.4. The summed E-state index contributed by atoms with van der Waals surface area (Å²) in [6, 6.07) is 9.28. The molecule has 1 aromatic carbocycles. The maximum absolute atomic E-state index is 13.2. The smallest absolute Gasteiger partial charge is 0.253 e. The summed E-state index contributed by atoms with van der Waals surface area (Å²) in [5, 5.41) is 3.73. The summed E-state index contributed by atoms with van der Waals surface area (Å²) in [6.07, 6.45) is 11.8. The number of allylic oxidation sites excluding steroid dienone is 1. The molecule has 1 saturated carbocycles. The van der Waals surface area contributed by atoms with Crippen molar-refractivity contribution in [2.75, 3.05) is 44.7 Å². The molecule has 6 heteroatoms. The molecule has 3 fully saturated rings. The van der Waals surface area contributed by atoms with E-state index < -0.39 is 0 Å². The van der Waals surface area contributed by atoms with Crippen LogP contribution in [0.1, 0.15) is 54.7 Å². The molecule has 6 nitrogen and oxygen atoms in total. The van der Waals surface area contributed by atoms with Gasteiger partial charge in [-0.15, -0.1) is 0 Å². The molecule has 2 aliphatic carbocycles. The van der Waals surface area contributed by atoms with Gasteiger partial charge in [-0.1, -0.05) is 31.7 Å². The normalized spacial score (nSPS) is 20.6. The fourth-order valence-electron chi connectivity index (χ4n) is 5.35. The highest BCUT2D eigenvalue weighted by Crippen LogP contribution is 2.38. The Hall–Kier alpha value is -2.70. The van der Waals surface area contributed by atoms with Crippen LogP contribution >= 0.6 is 0 Å². The Kier molecular flexibility index (Phi) is 6.70. The van der Waals surface area contributed by atoms with Gasteiger partial charge in [-0.05, 0) is 43.4 Å². The number of morpholine rings is 1. The minimum absolute atomic E-state index is 0. The first-order valence-electron chi connectivity index (χ1n) is 12.4. The number of nitrogens with zero attached hydrogens (tertiary/aromatic N) is 3. The molecular weight excluding hydrogens is 424 g/mol. The minimum Gasteiger partial charge on any atom is -0.381 e. The van der Waals surface area contributed by atoms with Gasteiger partial charge in [-0.25, -0.2) is 0 Å². The molecule has 0 unspecified atom stereocenters. The van der Waals surface area contributed by atoms with Crippen molar-refractivity contribution < 1.29 is 9.53 Å². The molecule has 0 spiro atoms. The van der Waals surface area contributed by atoms with Gasteiger partial charge < -0.3 is 15.0 Å². The number of rotatable bonds is 5. The lowest BCUT2D eigenvalue weighted by Gasteiger charge is -2.40. The third kappa shape index (κ3) is 4.62. The van der Waals surface area contributed by atoms with E-state index in [-0.39, 0.29) is 13.3 Å². The zero-order valence-corrected chi connectivity index (χ0v) is 19.1. The molecule has 0 atom stereocenters. The van der Waals surface area contributed by atoms with Gasteiger partial charge in [0, 0.05) is 67.6 Å². The Morgan fingerprint density at radius 3 is 2.44 bits per heavy atom. The van der Waals surface area contributed by atoms with Gasteiger partial charge in [0.2, 0.25) is 0 Å². The number of piperidine rings is 1. The first-order chi connectivity index (χ1) is 16.3. The van der Waals surface area contributed by atoms with Crippen molar-refractivity contribution in [2.45, 2.75) is 51.6 Å². The number of amides is 1. The average molecular weight is 461 g/mol. The Labute approximate surface area is 203 Å². The highest BCUT2D eigenvalue weighted by molar-refractivity contribution is 5.95. The van der Waals surface area contributed by atoms with Gasteiger partial charge in [-0.2, -0.15) is 0 Å². The molecule has 4 aliphatic rings. The quantitative estimate of drug-likeness (QED) is 0.714. The summed E-state index contributed by atoms with van der Waals surface area (Å²) in [6.45, 7) is 5.37. The predicted molar refractivity (Wildman–Crippen MR) is 137 cm³/mol. The SMILES string of the molecule is C.O=C(c1ccc(-c2cnc3c(c2NC2CC2)C=CC3)cc1)N1CCC(N2CCOCC2)CC1. The van der Waals surface area contributed by atoms with Gasteiger partial charge in [0.15, 0.2) is 0 Å². The highest BCUT2D eigenvalue weighted by Gasteiger charge is 2.29. The van der Waals surface area contributed by atoms with Crippen LogP contribution in [0.2, 0.25) is 0 Å². The minimum atomic E-state index is 0. The molecule has 2 aliphatic heterocycles. The molecular formula is C28H36N4O2. The first kappa shape index (κ1) is 23.1. The van der Waals surface area contributed by atoms with E-state index in [9.17, 15) is 4.79 Å². The lowest BCUT2D eigenvalue weighted by atomic mass is 9.99. The third-order valence-electron chi connectivity index (χ3n) is 7.48. The van der Waals surface area contributed by atoms with Crippen LogP contribution in [0, 0.1) is 0 Å². The van der Waals surface area contributed by atoms with Crippen molar-refractivity contribution in [2.24, 2.45) is 0 Å². The van der Waals surface area contributed by atoms with Gasteiger partial charge in [0.05, 0.1) is 24.6 Å². The Bertz CT molecular complexity index is 1050. The van der Waals surface area contributed by atoms with Gasteiger partial charge in [0.1, 0.15) is 0 Å². The monoisotopic (exact) mass is 460 g/mol. The fourth-order valence-corrected chi connectivity index (χ4v) is 5.35. The van der Waals surface area contributed by atoms with Crippen LogP contribution in [0.4, 0.5) is 5.69 Å². The maximum atomic E-state index is 13.2. The summed E-state index contributed by atoms with van der Waals surface area (Å²) in [5.41, 5.74) is 6.57. The number of likely N-dealkylation sites (tertiary alicyclic amines) is 1. The Morgan fingerprint density at radius 2 is 1.74 bits per heavy atom. The second-order valence-corrected chi connectivity index (χ2v) is 9.68. The van der Waals surface area contributed by atoms with Crippen molar-refractivity contribution in [3.05, 3.63) is 53.4 Å². The summed E-state index contributed by atoms with van der Waals surface area (Å²) < 4.78 is 5.48. The van der Waals surface area contributed by atoms with E-state index in [2.05, 4.69) is 34.5 Å². The van der Waals surface area contributed by atoms with E-state index in [1.165, 1.54) is 24.1 Å². The van der Waals surface area contributed by atoms with Crippen LogP contribution < -0.4 is 5.32 Å². The number of ether oxygens (including phenoxy) is 1. The van der Waals surface area contributed by atoms with E-state index in [1.54, 1.807) is 0 Å². The second-order valence-electron chi connectivity index (χ2n) is 9.68. The van der Waals surface area contributed by atoms with Gasteiger partial charge in [0.25, 0.3) is 5.91 Å². The maximum Gasteiger partial charge on any atom is 0.253 e. The van der Waals surface area contributed by atoms with Crippen LogP contribution in [0.5, 0.6) is 0 Å². The number of carbonyl (C=O) groups is 1. The second kappa shape index (κ2) is 9.88. The molecule has 2 saturated heterocycles. The summed E-state index contributed by atoms with van der Waals surface area (Å²) in [7, 11) is 0. The van der Waals surface area contributed by atoms with Crippen LogP contribution in [-0.4, -0.2) is 72.2 Å². The lowest BCUT2D eigenvalue weighted by Crippen LogP contribution is -2.50. The highest BCUT2D eigenvalue weighted by atomic mass is 16.5. The Morgan fingerprint density at radius 1 is 1.00 bits per heavy atom. The topological polar surface area (TPSA) is 57.7 Å². The van der Waals surface area contributed by atoms with Crippen LogP contribution in [-0.2, 0) is 11.2 Å². The number of hydrogen-bond donors (Lipinski definition) is 1. The molecule has 1 N–H and O–H groups in total. The number of nitrogens with one attached hydrogen (secondary N) is 1. The third-order valence-corrected chi connectivity index (χ3v) is 7.48. The lowest BCUT2D eigenvalue weighted by molar-refractivity contribution is 0.00159. The molecule has 3 heterocycles. The number of carbonyl (C=O) groups excluding carboxylic acids is 1. The standard InChI is InChI=1S/C27H32N4O2.CH4/c32-27(31-12-10-22(11-13-31)30-14-16-33-17-15-30)20-6-4-19(5-7-20)24-18-28-25-3-1-2-23(25)26(24)29-21-8-9-21;/h1-2,4-7,18,21-22H,3,8-17H2,(H,28,29);1H4. The molecule has 34 heavy (non-hydrogen) atoms. The van der Waals surface area contributed by atoms with E-state index in [1.807, 2.05) is 23.2 Å². The van der Waals surface area contributed by atoms with E-state index >= 15 is 0 Å². The zero-order valence-electron chi connectivity index (χ0n) is 19.1. The van der Waals surface area contributed by atoms with Crippen molar-refractivity contribution in [3.8, 4) is 11.1 Å². The largest absolute Gasteiger partial charge is 0.381 e. The van der Waals surface area contributed by atoms with E-state index in [0.717, 1.165) is 81.0 Å². The molecule has 1 amide bonds. The van der Waals surface area contributed by atoms with Crippen LogP contribution in [0.3, 0.4) is 0 Å². The van der Waals surface area contributed by atoms with Gasteiger partial charge >= 0.3 is 0 Å². The van der Waals surface area contributed by atoms with Crippen molar-refractivity contribution >= 4 is 17.7 Å². The van der Waals surface area contributed by atoms with Crippen LogP contribution in [0.25, 0.3) is 17.2 Å². The van der Waals surface area contributed by atoms with Crippen molar-refractivity contribution in [3.63, 3.8) is 0 Å². The number of aromatic nitrogens is 1. The number of benzene rings is 1. The number of anilines is 1. The molecule has 2 aromatic rings. The number of hydrogen-bond acceptors (Lipinski definition) is 5. The van der Waals surface area contributed by atoms with Crippen molar-refractivity contribution in [1.29, 1.82) is 0 Å². The first-order valence-corrected chi connectivity index (χ1v) is 12.4. The molecule has 1 aromatic heterocycles.